The molecule has 16 heavy (non-hydrogen) atoms. The van der Waals surface area contributed by atoms with Crippen LogP contribution in [0.15, 0.2) is 23.3 Å². The Kier molecular flexibility index (Phi) is 2.85. The molecular weight excluding hydrogens is 206 g/mol. The molecule has 2 aromatic heterocycles. The summed E-state index contributed by atoms with van der Waals surface area (Å²) in [6.07, 6.45) is 5.51. The Bertz CT molecular complexity index is 563. The molecule has 0 saturated heterocycles. The first-order valence-corrected chi connectivity index (χ1v) is 5.29. The lowest BCUT2D eigenvalue weighted by atomic mass is 10.1. The highest BCUT2D eigenvalue weighted by Gasteiger charge is 2.11. The number of unbranched alkanes of at least 4 members (excludes halogenated alkanes) is 1. The van der Waals surface area contributed by atoms with E-state index in [4.69, 9.17) is 0 Å². The van der Waals surface area contributed by atoms with E-state index >= 15 is 0 Å². The molecule has 0 aliphatic rings. The Morgan fingerprint density at radius 3 is 3.06 bits per heavy atom. The van der Waals surface area contributed by atoms with Gasteiger partial charge in [0.2, 0.25) is 11.7 Å². The normalized spacial score (nSPS) is 10.8. The van der Waals surface area contributed by atoms with Crippen molar-refractivity contribution in [3.8, 4) is 5.88 Å². The highest BCUT2D eigenvalue weighted by atomic mass is 16.3. The Hall–Kier alpha value is -1.91. The second-order valence-electron chi connectivity index (χ2n) is 3.61. The summed E-state index contributed by atoms with van der Waals surface area (Å²) in [6.45, 7) is 2.03. The van der Waals surface area contributed by atoms with Gasteiger partial charge in [-0.25, -0.2) is 4.98 Å². The first-order chi connectivity index (χ1) is 7.74. The number of hydrogen-bond acceptors (Lipinski definition) is 4. The minimum absolute atomic E-state index is 0.197. The van der Waals surface area contributed by atoms with E-state index in [1.54, 1.807) is 12.3 Å². The zero-order chi connectivity index (χ0) is 11.5. The molecule has 2 rings (SSSR count). The van der Waals surface area contributed by atoms with Gasteiger partial charge in [-0.1, -0.05) is 13.3 Å². The van der Waals surface area contributed by atoms with Crippen LogP contribution in [0.1, 0.15) is 25.3 Å². The molecule has 2 heterocycles. The third kappa shape index (κ3) is 1.76. The number of fused-ring (bicyclic) bond motifs is 1. The van der Waals surface area contributed by atoms with Crippen LogP contribution in [-0.4, -0.2) is 19.5 Å². The van der Waals surface area contributed by atoms with Crippen molar-refractivity contribution in [3.63, 3.8) is 0 Å². The summed E-state index contributed by atoms with van der Waals surface area (Å²) in [5, 5.41) is 9.65. The number of nitrogens with zero attached hydrogens (tertiary/aromatic N) is 3. The first-order valence-electron chi connectivity index (χ1n) is 5.29. The van der Waals surface area contributed by atoms with E-state index in [-0.39, 0.29) is 17.2 Å². The van der Waals surface area contributed by atoms with Crippen LogP contribution >= 0.6 is 0 Å². The monoisotopic (exact) mass is 219 g/mol. The Morgan fingerprint density at radius 2 is 2.31 bits per heavy atom. The summed E-state index contributed by atoms with van der Waals surface area (Å²) < 4.78 is 1.35. The van der Waals surface area contributed by atoms with Crippen molar-refractivity contribution in [1.82, 2.24) is 14.4 Å². The van der Waals surface area contributed by atoms with Crippen molar-refractivity contribution < 1.29 is 5.11 Å². The molecule has 84 valence electrons. The summed E-state index contributed by atoms with van der Waals surface area (Å²) in [6, 6.07) is 1.66. The maximum absolute atomic E-state index is 12.0. The smallest absolute Gasteiger partial charge is 0.266 e. The molecule has 0 amide bonds. The topological polar surface area (TPSA) is 67.5 Å². The van der Waals surface area contributed by atoms with Gasteiger partial charge in [0.05, 0.1) is 5.56 Å². The molecule has 5 nitrogen and oxygen atoms in total. The summed E-state index contributed by atoms with van der Waals surface area (Å²) >= 11 is 0. The molecule has 0 unspecified atom stereocenters. The van der Waals surface area contributed by atoms with Crippen LogP contribution in [0.5, 0.6) is 5.88 Å². The van der Waals surface area contributed by atoms with E-state index in [2.05, 4.69) is 9.97 Å². The fourth-order valence-electron chi connectivity index (χ4n) is 1.58. The lowest BCUT2D eigenvalue weighted by Gasteiger charge is -2.04. The van der Waals surface area contributed by atoms with Crippen LogP contribution in [0.2, 0.25) is 0 Å². The molecule has 0 radical (unpaired) electrons. The largest absolute Gasteiger partial charge is 0.493 e. The molecule has 0 aliphatic heterocycles. The van der Waals surface area contributed by atoms with E-state index in [1.165, 1.54) is 10.6 Å². The molecule has 0 saturated carbocycles. The van der Waals surface area contributed by atoms with Crippen molar-refractivity contribution >= 4 is 5.78 Å². The van der Waals surface area contributed by atoms with Crippen LogP contribution in [-0.2, 0) is 6.42 Å². The highest BCUT2D eigenvalue weighted by Crippen LogP contribution is 2.12. The standard InChI is InChI=1S/C11H13N3O2/c1-2-3-5-8-9(15)13-11-12-6-4-7-14(11)10(8)16/h4,6-7,15H,2-3,5H2,1H3. The van der Waals surface area contributed by atoms with E-state index in [9.17, 15) is 9.90 Å². The average Bonchev–Trinajstić information content (AvgIpc) is 2.29. The molecular formula is C11H13N3O2. The second kappa shape index (κ2) is 4.30. The van der Waals surface area contributed by atoms with Gasteiger partial charge in [-0.05, 0) is 18.9 Å². The minimum atomic E-state index is -0.232. The summed E-state index contributed by atoms with van der Waals surface area (Å²) in [5.74, 6) is 0.0300. The fraction of sp³-hybridized carbons (Fsp3) is 0.364. The maximum atomic E-state index is 12.0. The third-order valence-electron chi connectivity index (χ3n) is 2.46. The van der Waals surface area contributed by atoms with Gasteiger partial charge in [0.15, 0.2) is 0 Å². The van der Waals surface area contributed by atoms with Crippen LogP contribution in [0.4, 0.5) is 0 Å². The number of hydrogen-bond donors (Lipinski definition) is 1. The lowest BCUT2D eigenvalue weighted by molar-refractivity contribution is 0.442. The summed E-state index contributed by atoms with van der Waals surface area (Å²) in [7, 11) is 0. The fourth-order valence-corrected chi connectivity index (χ4v) is 1.58. The maximum Gasteiger partial charge on any atom is 0.266 e. The summed E-state index contributed by atoms with van der Waals surface area (Å²) in [5.41, 5.74) is 0.136. The number of aromatic hydroxyl groups is 1. The lowest BCUT2D eigenvalue weighted by Crippen LogP contribution is -2.20. The van der Waals surface area contributed by atoms with Gasteiger partial charge < -0.3 is 5.11 Å². The number of rotatable bonds is 3. The van der Waals surface area contributed by atoms with Gasteiger partial charge in [0, 0.05) is 12.4 Å². The molecule has 5 heteroatoms. The predicted octanol–water partition coefficient (Wildman–Crippen LogP) is 1.14. The first kappa shape index (κ1) is 10.6. The van der Waals surface area contributed by atoms with Gasteiger partial charge >= 0.3 is 0 Å². The van der Waals surface area contributed by atoms with Crippen molar-refractivity contribution in [2.75, 3.05) is 0 Å². The molecule has 2 aromatic rings. The van der Waals surface area contributed by atoms with Crippen LogP contribution in [0, 0.1) is 0 Å². The second-order valence-corrected chi connectivity index (χ2v) is 3.61. The SMILES string of the molecule is CCCCc1c(O)nc2ncccn2c1=O. The highest BCUT2D eigenvalue weighted by molar-refractivity contribution is 5.35. The molecule has 0 aliphatic carbocycles. The van der Waals surface area contributed by atoms with Crippen molar-refractivity contribution in [3.05, 3.63) is 34.4 Å². The molecule has 0 spiro atoms. The summed E-state index contributed by atoms with van der Waals surface area (Å²) in [4.78, 5) is 19.8. The van der Waals surface area contributed by atoms with Gasteiger partial charge in [-0.15, -0.1) is 0 Å². The van der Waals surface area contributed by atoms with Gasteiger partial charge in [-0.2, -0.15) is 4.98 Å². The van der Waals surface area contributed by atoms with E-state index in [0.717, 1.165) is 12.8 Å². The number of aromatic nitrogens is 3. The van der Waals surface area contributed by atoms with E-state index < -0.39 is 0 Å². The quantitative estimate of drug-likeness (QED) is 0.840. The zero-order valence-corrected chi connectivity index (χ0v) is 9.05. The van der Waals surface area contributed by atoms with Gasteiger partial charge in [0.1, 0.15) is 0 Å². The molecule has 0 bridgehead atoms. The van der Waals surface area contributed by atoms with Crippen molar-refractivity contribution in [2.24, 2.45) is 0 Å². The Balaban J connectivity index is 2.61. The van der Waals surface area contributed by atoms with E-state index in [1.807, 2.05) is 6.92 Å². The van der Waals surface area contributed by atoms with E-state index in [0.29, 0.717) is 12.0 Å². The molecule has 0 fully saturated rings. The molecule has 0 atom stereocenters. The van der Waals surface area contributed by atoms with Crippen LogP contribution in [0.25, 0.3) is 5.78 Å². The predicted molar refractivity (Wildman–Crippen MR) is 59.5 cm³/mol. The average molecular weight is 219 g/mol. The van der Waals surface area contributed by atoms with Crippen molar-refractivity contribution in [2.45, 2.75) is 26.2 Å². The molecule has 1 N–H and O–H groups in total. The zero-order valence-electron chi connectivity index (χ0n) is 9.05. The van der Waals surface area contributed by atoms with Crippen LogP contribution < -0.4 is 5.56 Å². The van der Waals surface area contributed by atoms with Crippen molar-refractivity contribution in [1.29, 1.82) is 0 Å². The Morgan fingerprint density at radius 1 is 1.50 bits per heavy atom. The van der Waals surface area contributed by atoms with Gasteiger partial charge in [-0.3, -0.25) is 9.20 Å². The van der Waals surface area contributed by atoms with Crippen LogP contribution in [0.3, 0.4) is 0 Å². The third-order valence-corrected chi connectivity index (χ3v) is 2.46. The minimum Gasteiger partial charge on any atom is -0.493 e. The van der Waals surface area contributed by atoms with Gasteiger partial charge in [0.25, 0.3) is 5.56 Å². The Labute approximate surface area is 92.4 Å². The molecule has 0 aromatic carbocycles.